The van der Waals surface area contributed by atoms with Gasteiger partial charge in [-0.25, -0.2) is 4.58 Å². The van der Waals surface area contributed by atoms with Crippen LogP contribution in [0.25, 0.3) is 5.57 Å². The molecule has 0 saturated heterocycles. The molecule has 1 N–H and O–H groups in total. The van der Waals surface area contributed by atoms with Crippen molar-refractivity contribution in [3.63, 3.8) is 0 Å². The predicted molar refractivity (Wildman–Crippen MR) is 243 cm³/mol. The monoisotopic (exact) mass is 762 g/mol. The van der Waals surface area contributed by atoms with E-state index in [2.05, 4.69) is 195 Å². The van der Waals surface area contributed by atoms with Crippen LogP contribution >= 0.6 is 23.5 Å². The summed E-state index contributed by atoms with van der Waals surface area (Å²) in [5, 5.41) is 3.63. The Kier molecular flexibility index (Phi) is 14.0. The topological polar surface area (TPSA) is 18.3 Å². The highest BCUT2D eigenvalue weighted by Gasteiger charge is 2.21. The van der Waals surface area contributed by atoms with E-state index in [4.69, 9.17) is 0 Å². The molecule has 3 nitrogen and oxygen atoms in total. The number of nitrogens with one attached hydrogen (secondary N) is 1. The van der Waals surface area contributed by atoms with Crippen molar-refractivity contribution in [2.45, 2.75) is 70.3 Å². The molecule has 6 rings (SSSR count). The number of allylic oxidation sites excluding steroid dienone is 5. The van der Waals surface area contributed by atoms with Crippen molar-refractivity contribution in [3.8, 4) is 0 Å². The number of anilines is 3. The number of benzene rings is 5. The van der Waals surface area contributed by atoms with Crippen LogP contribution in [0.4, 0.5) is 17.1 Å². The first-order valence-electron chi connectivity index (χ1n) is 19.6. The fourth-order valence-electron chi connectivity index (χ4n) is 7.39. The van der Waals surface area contributed by atoms with Crippen molar-refractivity contribution < 1.29 is 4.58 Å². The lowest BCUT2D eigenvalue weighted by atomic mass is 9.85. The first-order chi connectivity index (χ1) is 26.8. The van der Waals surface area contributed by atoms with E-state index in [0.717, 1.165) is 50.4 Å². The molecule has 0 radical (unpaired) electrons. The van der Waals surface area contributed by atoms with Gasteiger partial charge in [0.2, 0.25) is 0 Å². The highest BCUT2D eigenvalue weighted by atomic mass is 32.2. The van der Waals surface area contributed by atoms with Gasteiger partial charge in [-0.15, -0.1) is 23.5 Å². The SMILES string of the molecule is CCCc1ccc(Nc2ccc(C(=C3C=CC(=[N+](CC)Cc4cccc(SC)c4)C=C3C)c3ccc(N(CC)Cc4cccc(SC)c4)cc3C)cc2)cc1. The summed E-state index contributed by atoms with van der Waals surface area (Å²) in [5.74, 6) is 0. The number of aryl methyl sites for hydroxylation is 2. The third kappa shape index (κ3) is 10.1. The molecule has 1 aliphatic rings. The van der Waals surface area contributed by atoms with Crippen LogP contribution in [0.1, 0.15) is 67.5 Å². The van der Waals surface area contributed by atoms with Crippen LogP contribution in [0.15, 0.2) is 154 Å². The van der Waals surface area contributed by atoms with Crippen molar-refractivity contribution >= 4 is 51.9 Å². The van der Waals surface area contributed by atoms with Crippen molar-refractivity contribution in [2.24, 2.45) is 0 Å². The zero-order valence-corrected chi connectivity index (χ0v) is 35.3. The van der Waals surface area contributed by atoms with Gasteiger partial charge in [0.1, 0.15) is 6.54 Å². The summed E-state index contributed by atoms with van der Waals surface area (Å²) in [7, 11) is 0. The Labute approximate surface area is 339 Å². The van der Waals surface area contributed by atoms with E-state index in [1.54, 1.807) is 23.5 Å². The number of rotatable bonds is 15. The first kappa shape index (κ1) is 40.0. The Morgan fingerprint density at radius 3 is 1.95 bits per heavy atom. The van der Waals surface area contributed by atoms with Crippen LogP contribution < -0.4 is 10.2 Å². The van der Waals surface area contributed by atoms with Gasteiger partial charge in [-0.3, -0.25) is 0 Å². The molecule has 1 aliphatic carbocycles. The molecule has 55 heavy (non-hydrogen) atoms. The molecule has 0 saturated carbocycles. The number of thioether (sulfide) groups is 2. The van der Waals surface area contributed by atoms with Crippen molar-refractivity contribution in [3.05, 3.63) is 178 Å². The minimum Gasteiger partial charge on any atom is -0.367 e. The number of hydrogen-bond acceptors (Lipinski definition) is 4. The standard InChI is InChI=1S/C50H55N3S2/c1-8-13-38-18-22-42(23-19-38)51-43-24-20-41(21-25-43)50(48-28-26-44(30-36(48)4)52(9-2)34-39-14-11-16-46(32-39)54-6)49-29-27-45(31-37(49)5)53(10-3)35-40-15-12-17-47(33-40)55-7/h11-12,14-33H,8-10,13,34-35H2,1-7H3/p+1. The number of hydrogen-bond donors (Lipinski definition) is 1. The molecule has 5 heteroatoms. The molecule has 0 aliphatic heterocycles. The minimum atomic E-state index is 0.881. The van der Waals surface area contributed by atoms with Gasteiger partial charge in [-0.2, -0.15) is 0 Å². The van der Waals surface area contributed by atoms with E-state index >= 15 is 0 Å². The van der Waals surface area contributed by atoms with Gasteiger partial charge in [0.05, 0.1) is 0 Å². The summed E-state index contributed by atoms with van der Waals surface area (Å²) in [6, 6.07) is 42.7. The maximum absolute atomic E-state index is 3.63. The highest BCUT2D eigenvalue weighted by Crippen LogP contribution is 2.37. The molecular weight excluding hydrogens is 707 g/mol. The summed E-state index contributed by atoms with van der Waals surface area (Å²) in [6.07, 6.45) is 13.6. The maximum Gasteiger partial charge on any atom is 0.200 e. The third-order valence-electron chi connectivity index (χ3n) is 10.4. The lowest BCUT2D eigenvalue weighted by Crippen LogP contribution is -2.22. The molecule has 5 aromatic rings. The van der Waals surface area contributed by atoms with Crippen LogP contribution in [0.5, 0.6) is 0 Å². The van der Waals surface area contributed by atoms with Crippen LogP contribution in [-0.4, -0.2) is 35.9 Å². The Balaban J connectivity index is 1.37. The van der Waals surface area contributed by atoms with E-state index in [-0.39, 0.29) is 0 Å². The first-order valence-corrected chi connectivity index (χ1v) is 22.1. The van der Waals surface area contributed by atoms with Crippen molar-refractivity contribution in [1.29, 1.82) is 0 Å². The summed E-state index contributed by atoms with van der Waals surface area (Å²) >= 11 is 3.59. The van der Waals surface area contributed by atoms with E-state index in [0.29, 0.717) is 0 Å². The average Bonchev–Trinajstić information content (AvgIpc) is 3.21. The second-order valence-corrected chi connectivity index (χ2v) is 16.0. The summed E-state index contributed by atoms with van der Waals surface area (Å²) in [5.41, 5.74) is 16.3. The van der Waals surface area contributed by atoms with Gasteiger partial charge in [-0.05, 0) is 158 Å². The Hall–Kier alpha value is -4.71. The van der Waals surface area contributed by atoms with Crippen molar-refractivity contribution in [1.82, 2.24) is 0 Å². The Morgan fingerprint density at radius 2 is 1.35 bits per heavy atom. The zero-order valence-electron chi connectivity index (χ0n) is 33.7. The lowest BCUT2D eigenvalue weighted by molar-refractivity contribution is -0.539. The van der Waals surface area contributed by atoms with E-state index in [1.807, 2.05) is 0 Å². The summed E-state index contributed by atoms with van der Waals surface area (Å²) in [6.45, 7) is 14.9. The fourth-order valence-corrected chi connectivity index (χ4v) is 8.36. The molecule has 5 aromatic carbocycles. The van der Waals surface area contributed by atoms with Crippen LogP contribution in [0, 0.1) is 6.92 Å². The predicted octanol–water partition coefficient (Wildman–Crippen LogP) is 13.2. The maximum atomic E-state index is 3.63. The number of nitrogens with zero attached hydrogens (tertiary/aromatic N) is 2. The second kappa shape index (κ2) is 19.2. The van der Waals surface area contributed by atoms with E-state index in [1.165, 1.54) is 71.3 Å². The van der Waals surface area contributed by atoms with Gasteiger partial charge in [0, 0.05) is 57.7 Å². The van der Waals surface area contributed by atoms with Crippen molar-refractivity contribution in [2.75, 3.05) is 35.8 Å². The quantitative estimate of drug-likeness (QED) is 0.0845. The molecule has 0 atom stereocenters. The highest BCUT2D eigenvalue weighted by molar-refractivity contribution is 7.98. The Bertz CT molecular complexity index is 2210. The van der Waals surface area contributed by atoms with Gasteiger partial charge < -0.3 is 10.2 Å². The molecule has 0 fully saturated rings. The molecular formula is C50H56N3S2+. The average molecular weight is 763 g/mol. The van der Waals surface area contributed by atoms with Crippen LogP contribution in [-0.2, 0) is 19.5 Å². The van der Waals surface area contributed by atoms with Gasteiger partial charge in [-0.1, -0.05) is 67.9 Å². The van der Waals surface area contributed by atoms with E-state index in [9.17, 15) is 0 Å². The normalized spacial score (nSPS) is 14.4. The summed E-state index contributed by atoms with van der Waals surface area (Å²) < 4.78 is 2.47. The Morgan fingerprint density at radius 1 is 0.691 bits per heavy atom. The van der Waals surface area contributed by atoms with Gasteiger partial charge in [0.15, 0.2) is 12.3 Å². The molecule has 0 heterocycles. The molecule has 0 bridgehead atoms. The molecule has 0 aromatic heterocycles. The third-order valence-corrected chi connectivity index (χ3v) is 11.9. The van der Waals surface area contributed by atoms with Crippen LogP contribution in [0.2, 0.25) is 0 Å². The minimum absolute atomic E-state index is 0.881. The zero-order chi connectivity index (χ0) is 38.7. The second-order valence-electron chi connectivity index (χ2n) is 14.3. The molecule has 0 spiro atoms. The molecule has 0 amide bonds. The largest absolute Gasteiger partial charge is 0.367 e. The molecule has 282 valence electrons. The lowest BCUT2D eigenvalue weighted by Gasteiger charge is -2.25. The van der Waals surface area contributed by atoms with Gasteiger partial charge >= 0.3 is 0 Å². The summed E-state index contributed by atoms with van der Waals surface area (Å²) in [4.78, 5) is 5.08. The van der Waals surface area contributed by atoms with Crippen LogP contribution in [0.3, 0.4) is 0 Å². The molecule has 0 unspecified atom stereocenters. The smallest absolute Gasteiger partial charge is 0.200 e. The van der Waals surface area contributed by atoms with E-state index < -0.39 is 0 Å². The van der Waals surface area contributed by atoms with Gasteiger partial charge in [0.25, 0.3) is 0 Å². The fraction of sp³-hybridized carbons (Fsp3) is 0.260.